The third-order valence-corrected chi connectivity index (χ3v) is 5.61. The van der Waals surface area contributed by atoms with Gasteiger partial charge in [0.25, 0.3) is 0 Å². The Balaban J connectivity index is 2.02. The average molecular weight is 295 g/mol. The van der Waals surface area contributed by atoms with Crippen molar-refractivity contribution in [2.75, 3.05) is 13.1 Å². The molecule has 0 bridgehead atoms. The Labute approximate surface area is 127 Å². The topological polar surface area (TPSA) is 57.6 Å². The standard InChI is InChI=1S/C17H29NO3/c1-3-12-6-5-8-18(9-7-12)16(19)14-10-13(4-2)11-15(14)17(20)21/h12-15H,3-11H2,1-2H3,(H,20,21)/t12?,13?,14-,15+/m0/s1. The van der Waals surface area contributed by atoms with Gasteiger partial charge in [-0.05, 0) is 43.9 Å². The lowest BCUT2D eigenvalue weighted by Crippen LogP contribution is -2.39. The third kappa shape index (κ3) is 3.78. The van der Waals surface area contributed by atoms with Crippen LogP contribution in [0.5, 0.6) is 0 Å². The number of rotatable bonds is 4. The minimum absolute atomic E-state index is 0.107. The molecule has 4 nitrogen and oxygen atoms in total. The first-order valence-electron chi connectivity index (χ1n) is 8.58. The van der Waals surface area contributed by atoms with Gasteiger partial charge >= 0.3 is 5.97 Å². The molecule has 2 aliphatic rings. The molecular formula is C17H29NO3. The van der Waals surface area contributed by atoms with Gasteiger partial charge in [-0.2, -0.15) is 0 Å². The summed E-state index contributed by atoms with van der Waals surface area (Å²) in [5.41, 5.74) is 0. The highest BCUT2D eigenvalue weighted by Crippen LogP contribution is 2.39. The first-order chi connectivity index (χ1) is 10.1. The maximum atomic E-state index is 12.8. The molecule has 21 heavy (non-hydrogen) atoms. The van der Waals surface area contributed by atoms with Crippen molar-refractivity contribution in [3.63, 3.8) is 0 Å². The summed E-state index contributed by atoms with van der Waals surface area (Å²) < 4.78 is 0. The zero-order chi connectivity index (χ0) is 15.4. The van der Waals surface area contributed by atoms with E-state index in [1.54, 1.807) is 0 Å². The van der Waals surface area contributed by atoms with Gasteiger partial charge in [0, 0.05) is 13.1 Å². The Bertz CT molecular complexity index is 382. The number of hydrogen-bond donors (Lipinski definition) is 1. The van der Waals surface area contributed by atoms with Crippen LogP contribution in [0.3, 0.4) is 0 Å². The lowest BCUT2D eigenvalue weighted by Gasteiger charge is -2.26. The van der Waals surface area contributed by atoms with Crippen LogP contribution in [0.2, 0.25) is 0 Å². The van der Waals surface area contributed by atoms with Crippen molar-refractivity contribution in [2.45, 2.75) is 58.8 Å². The third-order valence-electron chi connectivity index (χ3n) is 5.61. The average Bonchev–Trinajstić information content (AvgIpc) is 2.78. The molecule has 0 aromatic rings. The van der Waals surface area contributed by atoms with E-state index in [1.807, 2.05) is 4.90 Å². The maximum Gasteiger partial charge on any atom is 0.307 e. The van der Waals surface area contributed by atoms with E-state index in [-0.39, 0.29) is 11.8 Å². The molecule has 4 atom stereocenters. The van der Waals surface area contributed by atoms with Gasteiger partial charge in [-0.25, -0.2) is 0 Å². The summed E-state index contributed by atoms with van der Waals surface area (Å²) in [4.78, 5) is 26.2. The minimum atomic E-state index is -0.787. The predicted molar refractivity (Wildman–Crippen MR) is 81.8 cm³/mol. The summed E-state index contributed by atoms with van der Waals surface area (Å²) in [5, 5.41) is 9.41. The maximum absolute atomic E-state index is 12.8. The lowest BCUT2D eigenvalue weighted by atomic mass is 9.94. The molecule has 0 radical (unpaired) electrons. The summed E-state index contributed by atoms with van der Waals surface area (Å²) in [5.74, 6) is -0.306. The fraction of sp³-hybridized carbons (Fsp3) is 0.882. The van der Waals surface area contributed by atoms with Gasteiger partial charge in [0.05, 0.1) is 11.8 Å². The van der Waals surface area contributed by atoms with E-state index in [0.717, 1.165) is 44.7 Å². The number of aliphatic carboxylic acids is 1. The fourth-order valence-corrected chi connectivity index (χ4v) is 4.05. The van der Waals surface area contributed by atoms with Crippen LogP contribution in [0.15, 0.2) is 0 Å². The van der Waals surface area contributed by atoms with Crippen molar-refractivity contribution < 1.29 is 14.7 Å². The Morgan fingerprint density at radius 2 is 1.67 bits per heavy atom. The van der Waals surface area contributed by atoms with Gasteiger partial charge in [-0.1, -0.05) is 26.7 Å². The van der Waals surface area contributed by atoms with Crippen LogP contribution in [0.4, 0.5) is 0 Å². The summed E-state index contributed by atoms with van der Waals surface area (Å²) in [6.45, 7) is 5.94. The van der Waals surface area contributed by atoms with Crippen LogP contribution in [-0.4, -0.2) is 35.0 Å². The molecule has 1 amide bonds. The number of carbonyl (C=O) groups is 2. The van der Waals surface area contributed by atoms with Crippen molar-refractivity contribution in [1.29, 1.82) is 0 Å². The Morgan fingerprint density at radius 1 is 1.00 bits per heavy atom. The molecule has 2 fully saturated rings. The van der Waals surface area contributed by atoms with Gasteiger partial charge in [0.2, 0.25) is 5.91 Å². The van der Waals surface area contributed by atoms with Crippen LogP contribution in [-0.2, 0) is 9.59 Å². The molecule has 4 heteroatoms. The summed E-state index contributed by atoms with van der Waals surface area (Å²) in [6.07, 6.45) is 6.93. The largest absolute Gasteiger partial charge is 0.481 e. The summed E-state index contributed by atoms with van der Waals surface area (Å²) >= 11 is 0. The second-order valence-corrected chi connectivity index (χ2v) is 6.83. The monoisotopic (exact) mass is 295 g/mol. The smallest absolute Gasteiger partial charge is 0.307 e. The molecule has 0 aromatic carbocycles. The van der Waals surface area contributed by atoms with E-state index >= 15 is 0 Å². The van der Waals surface area contributed by atoms with Crippen LogP contribution in [0.1, 0.15) is 58.8 Å². The van der Waals surface area contributed by atoms with E-state index in [0.29, 0.717) is 12.3 Å². The molecular weight excluding hydrogens is 266 g/mol. The highest BCUT2D eigenvalue weighted by atomic mass is 16.4. The Hall–Kier alpha value is -1.06. The van der Waals surface area contributed by atoms with E-state index < -0.39 is 11.9 Å². The van der Waals surface area contributed by atoms with Crippen molar-refractivity contribution in [1.82, 2.24) is 4.90 Å². The molecule has 1 saturated carbocycles. The highest BCUT2D eigenvalue weighted by Gasteiger charge is 2.43. The van der Waals surface area contributed by atoms with E-state index in [4.69, 9.17) is 0 Å². The van der Waals surface area contributed by atoms with Gasteiger partial charge in [-0.3, -0.25) is 9.59 Å². The van der Waals surface area contributed by atoms with E-state index in [1.165, 1.54) is 12.8 Å². The molecule has 1 N–H and O–H groups in total. The number of carboxylic acids is 1. The normalized spacial score (nSPS) is 33.7. The van der Waals surface area contributed by atoms with Crippen LogP contribution in [0.25, 0.3) is 0 Å². The molecule has 1 aliphatic heterocycles. The number of hydrogen-bond acceptors (Lipinski definition) is 2. The zero-order valence-corrected chi connectivity index (χ0v) is 13.4. The number of nitrogens with zero attached hydrogens (tertiary/aromatic N) is 1. The van der Waals surface area contributed by atoms with Crippen molar-refractivity contribution in [3.8, 4) is 0 Å². The first kappa shape index (κ1) is 16.3. The molecule has 2 rings (SSSR count). The van der Waals surface area contributed by atoms with E-state index in [9.17, 15) is 14.7 Å². The molecule has 1 saturated heterocycles. The number of carbonyl (C=O) groups excluding carboxylic acids is 1. The van der Waals surface area contributed by atoms with Gasteiger partial charge in [0.1, 0.15) is 0 Å². The molecule has 1 aliphatic carbocycles. The van der Waals surface area contributed by atoms with Gasteiger partial charge in [-0.15, -0.1) is 0 Å². The SMILES string of the molecule is CCC1CCCN(C(=O)[C@H]2CC(CC)C[C@H]2C(=O)O)CC1. The second kappa shape index (κ2) is 7.28. The highest BCUT2D eigenvalue weighted by molar-refractivity contribution is 5.85. The Morgan fingerprint density at radius 3 is 2.29 bits per heavy atom. The van der Waals surface area contributed by atoms with Crippen molar-refractivity contribution in [2.24, 2.45) is 23.7 Å². The molecule has 2 unspecified atom stereocenters. The Kier molecular flexibility index (Phi) is 5.65. The number of likely N-dealkylation sites (tertiary alicyclic amines) is 1. The van der Waals surface area contributed by atoms with Crippen LogP contribution >= 0.6 is 0 Å². The van der Waals surface area contributed by atoms with E-state index in [2.05, 4.69) is 13.8 Å². The molecule has 0 aromatic heterocycles. The summed E-state index contributed by atoms with van der Waals surface area (Å²) in [6, 6.07) is 0. The molecule has 1 heterocycles. The van der Waals surface area contributed by atoms with Gasteiger partial charge in [0.15, 0.2) is 0 Å². The van der Waals surface area contributed by atoms with Gasteiger partial charge < -0.3 is 10.0 Å². The quantitative estimate of drug-likeness (QED) is 0.866. The number of carboxylic acid groups (broad SMARTS) is 1. The molecule has 0 spiro atoms. The van der Waals surface area contributed by atoms with Crippen molar-refractivity contribution in [3.05, 3.63) is 0 Å². The van der Waals surface area contributed by atoms with Crippen molar-refractivity contribution >= 4 is 11.9 Å². The first-order valence-corrected chi connectivity index (χ1v) is 8.58. The lowest BCUT2D eigenvalue weighted by molar-refractivity contribution is -0.149. The predicted octanol–water partition coefficient (Wildman–Crippen LogP) is 3.16. The number of amides is 1. The zero-order valence-electron chi connectivity index (χ0n) is 13.4. The van der Waals surface area contributed by atoms with Crippen LogP contribution in [0, 0.1) is 23.7 Å². The fourth-order valence-electron chi connectivity index (χ4n) is 4.05. The second-order valence-electron chi connectivity index (χ2n) is 6.83. The minimum Gasteiger partial charge on any atom is -0.481 e. The molecule has 120 valence electrons. The summed E-state index contributed by atoms with van der Waals surface area (Å²) in [7, 11) is 0. The van der Waals surface area contributed by atoms with Crippen LogP contribution < -0.4 is 0 Å².